The number of hydrogen-bond acceptors (Lipinski definition) is 6. The summed E-state index contributed by atoms with van der Waals surface area (Å²) in [6.07, 6.45) is -1.44. The minimum atomic E-state index is -0.786. The van der Waals surface area contributed by atoms with Crippen LogP contribution < -0.4 is 9.80 Å². The van der Waals surface area contributed by atoms with Gasteiger partial charge >= 0.3 is 0 Å². The molecule has 2 N–H and O–H groups in total. The second-order valence-corrected chi connectivity index (χ2v) is 7.90. The fourth-order valence-electron chi connectivity index (χ4n) is 4.32. The predicted octanol–water partition coefficient (Wildman–Crippen LogP) is 3.62. The number of carbonyl (C=O) groups excluding carboxylic acids is 4. The van der Waals surface area contributed by atoms with Gasteiger partial charge < -0.3 is 10.2 Å². The summed E-state index contributed by atoms with van der Waals surface area (Å²) in [6.45, 7) is 0. The summed E-state index contributed by atoms with van der Waals surface area (Å²) in [5.74, 6) is -3.19. The second-order valence-electron chi connectivity index (χ2n) is 7.90. The number of nitrogens with zero attached hydrogens (tertiary/aromatic N) is 2. The van der Waals surface area contributed by atoms with E-state index in [9.17, 15) is 29.4 Å². The molecule has 168 valence electrons. The van der Waals surface area contributed by atoms with E-state index in [0.29, 0.717) is 21.5 Å². The van der Waals surface area contributed by atoms with Crippen molar-refractivity contribution in [2.24, 2.45) is 0 Å². The molecule has 1 heterocycles. The van der Waals surface area contributed by atoms with Crippen molar-refractivity contribution in [1.82, 2.24) is 0 Å². The van der Waals surface area contributed by atoms with E-state index in [1.807, 2.05) is 0 Å². The highest BCUT2D eigenvalue weighted by molar-refractivity contribution is 6.33. The molecule has 0 spiro atoms. The van der Waals surface area contributed by atoms with Gasteiger partial charge in [-0.05, 0) is 24.3 Å². The van der Waals surface area contributed by atoms with E-state index >= 15 is 0 Å². The van der Waals surface area contributed by atoms with Crippen LogP contribution in [0.25, 0.3) is 21.5 Å². The van der Waals surface area contributed by atoms with Crippen LogP contribution in [0.5, 0.6) is 11.5 Å². The van der Waals surface area contributed by atoms with Gasteiger partial charge in [-0.25, -0.2) is 9.80 Å². The van der Waals surface area contributed by atoms with Crippen molar-refractivity contribution in [3.63, 3.8) is 0 Å². The van der Waals surface area contributed by atoms with Crippen LogP contribution in [0.3, 0.4) is 0 Å². The minimum Gasteiger partial charge on any atom is -0.507 e. The summed E-state index contributed by atoms with van der Waals surface area (Å²) < 4.78 is 0. The Bertz CT molecular complexity index is 1380. The molecule has 0 aromatic heterocycles. The van der Waals surface area contributed by atoms with Gasteiger partial charge in [-0.1, -0.05) is 48.5 Å². The van der Waals surface area contributed by atoms with Crippen LogP contribution in [-0.2, 0) is 19.2 Å². The average molecular weight is 454 g/mol. The fourth-order valence-corrected chi connectivity index (χ4v) is 4.32. The number of amides is 4. The lowest BCUT2D eigenvalue weighted by Crippen LogP contribution is -2.49. The number of imide groups is 2. The number of phenolic OH excluding ortho intramolecular Hbond substituents is 2. The summed E-state index contributed by atoms with van der Waals surface area (Å²) in [6, 6.07) is 18.9. The molecular weight excluding hydrogens is 436 g/mol. The first-order chi connectivity index (χ1) is 16.4. The predicted molar refractivity (Wildman–Crippen MR) is 125 cm³/mol. The number of rotatable bonds is 2. The number of phenols is 2. The normalized spacial score (nSPS) is 15.2. The Hall–Kier alpha value is -4.72. The summed E-state index contributed by atoms with van der Waals surface area (Å²) in [4.78, 5) is 54.3. The van der Waals surface area contributed by atoms with Crippen LogP contribution in [0, 0.1) is 0 Å². The first kappa shape index (κ1) is 21.1. The SMILES string of the molecule is O=C1CC(=O)N(c2ccc(O)c3ccccc23)C(=O)CC(=O)N1c1ccc(O)c2ccccc12. The largest absolute Gasteiger partial charge is 0.507 e. The molecule has 4 aromatic rings. The van der Waals surface area contributed by atoms with Gasteiger partial charge in [0.25, 0.3) is 0 Å². The number of carbonyl (C=O) groups is 4. The molecule has 1 aliphatic heterocycles. The monoisotopic (exact) mass is 454 g/mol. The summed E-state index contributed by atoms with van der Waals surface area (Å²) in [7, 11) is 0. The van der Waals surface area contributed by atoms with Crippen LogP contribution >= 0.6 is 0 Å². The zero-order valence-electron chi connectivity index (χ0n) is 17.8. The number of aromatic hydroxyl groups is 2. The smallest absolute Gasteiger partial charge is 0.243 e. The lowest BCUT2D eigenvalue weighted by molar-refractivity contribution is -0.134. The zero-order chi connectivity index (χ0) is 24.0. The lowest BCUT2D eigenvalue weighted by Gasteiger charge is -2.29. The topological polar surface area (TPSA) is 115 Å². The van der Waals surface area contributed by atoms with Crippen molar-refractivity contribution in [1.29, 1.82) is 0 Å². The fraction of sp³-hybridized carbons (Fsp3) is 0.0769. The summed E-state index contributed by atoms with van der Waals surface area (Å²) in [5, 5.41) is 22.0. The van der Waals surface area contributed by atoms with E-state index < -0.39 is 36.5 Å². The molecule has 1 fully saturated rings. The first-order valence-corrected chi connectivity index (χ1v) is 10.5. The van der Waals surface area contributed by atoms with Crippen molar-refractivity contribution in [3.8, 4) is 11.5 Å². The van der Waals surface area contributed by atoms with Gasteiger partial charge in [0.1, 0.15) is 24.3 Å². The van der Waals surface area contributed by atoms with E-state index in [4.69, 9.17) is 0 Å². The van der Waals surface area contributed by atoms with Gasteiger partial charge in [0, 0.05) is 21.5 Å². The van der Waals surface area contributed by atoms with E-state index in [-0.39, 0.29) is 22.9 Å². The van der Waals surface area contributed by atoms with E-state index in [1.54, 1.807) is 48.5 Å². The Labute approximate surface area is 193 Å². The third-order valence-corrected chi connectivity index (χ3v) is 5.84. The number of benzene rings is 4. The molecule has 5 rings (SSSR count). The highest BCUT2D eigenvalue weighted by Crippen LogP contribution is 2.36. The highest BCUT2D eigenvalue weighted by atomic mass is 16.3. The summed E-state index contributed by atoms with van der Waals surface area (Å²) in [5.41, 5.74) is 0.375. The molecule has 0 radical (unpaired) electrons. The Morgan fingerprint density at radius 3 is 1.15 bits per heavy atom. The van der Waals surface area contributed by atoms with E-state index in [0.717, 1.165) is 9.80 Å². The molecule has 0 bridgehead atoms. The molecular formula is C26H18N2O6. The van der Waals surface area contributed by atoms with Crippen LogP contribution in [0.2, 0.25) is 0 Å². The highest BCUT2D eigenvalue weighted by Gasteiger charge is 2.37. The Kier molecular flexibility index (Phi) is 4.98. The van der Waals surface area contributed by atoms with Gasteiger partial charge in [-0.15, -0.1) is 0 Å². The molecule has 0 saturated carbocycles. The van der Waals surface area contributed by atoms with Gasteiger partial charge in [-0.3, -0.25) is 19.2 Å². The molecule has 8 heteroatoms. The molecule has 4 amide bonds. The van der Waals surface area contributed by atoms with Crippen molar-refractivity contribution in [2.75, 3.05) is 9.80 Å². The lowest BCUT2D eigenvalue weighted by atomic mass is 10.0. The van der Waals surface area contributed by atoms with Gasteiger partial charge in [-0.2, -0.15) is 0 Å². The molecule has 0 unspecified atom stereocenters. The number of anilines is 2. The maximum absolute atomic E-state index is 13.2. The van der Waals surface area contributed by atoms with Crippen molar-refractivity contribution >= 4 is 56.5 Å². The maximum atomic E-state index is 13.2. The van der Waals surface area contributed by atoms with Crippen LogP contribution in [0.1, 0.15) is 12.8 Å². The van der Waals surface area contributed by atoms with Crippen LogP contribution in [0.15, 0.2) is 72.8 Å². The molecule has 1 saturated heterocycles. The number of fused-ring (bicyclic) bond motifs is 2. The first-order valence-electron chi connectivity index (χ1n) is 10.5. The molecule has 1 aliphatic rings. The third-order valence-electron chi connectivity index (χ3n) is 5.84. The van der Waals surface area contributed by atoms with E-state index in [2.05, 4.69) is 0 Å². The maximum Gasteiger partial charge on any atom is 0.243 e. The van der Waals surface area contributed by atoms with Crippen molar-refractivity contribution in [2.45, 2.75) is 12.8 Å². The number of hydrogen-bond donors (Lipinski definition) is 2. The van der Waals surface area contributed by atoms with Crippen molar-refractivity contribution in [3.05, 3.63) is 72.8 Å². The zero-order valence-corrected chi connectivity index (χ0v) is 17.8. The standard InChI is InChI=1S/C26H18N2O6/c29-21-11-9-19(15-5-1-3-7-17(15)21)27-23(31)13-25(33)28(26(34)14-24(27)32)20-10-12-22(30)18-8-4-2-6-16(18)20/h1-12,29-30H,13-14H2. The minimum absolute atomic E-state index is 0.0242. The molecule has 0 aliphatic carbocycles. The molecule has 8 nitrogen and oxygen atoms in total. The quantitative estimate of drug-likeness (QED) is 0.353. The van der Waals surface area contributed by atoms with Gasteiger partial charge in [0.2, 0.25) is 23.6 Å². The molecule has 34 heavy (non-hydrogen) atoms. The van der Waals surface area contributed by atoms with Gasteiger partial charge in [0.15, 0.2) is 0 Å². The second kappa shape index (κ2) is 8.00. The van der Waals surface area contributed by atoms with Crippen LogP contribution in [0.4, 0.5) is 11.4 Å². The Morgan fingerprint density at radius 1 is 0.471 bits per heavy atom. The van der Waals surface area contributed by atoms with E-state index in [1.165, 1.54) is 24.3 Å². The van der Waals surface area contributed by atoms with Crippen molar-refractivity contribution < 1.29 is 29.4 Å². The van der Waals surface area contributed by atoms with Gasteiger partial charge in [0.05, 0.1) is 11.4 Å². The molecule has 4 aromatic carbocycles. The molecule has 0 atom stereocenters. The Balaban J connectivity index is 1.58. The average Bonchev–Trinajstić information content (AvgIpc) is 2.82. The Morgan fingerprint density at radius 2 is 0.794 bits per heavy atom. The summed E-state index contributed by atoms with van der Waals surface area (Å²) >= 11 is 0. The van der Waals surface area contributed by atoms with Crippen LogP contribution in [-0.4, -0.2) is 33.8 Å². The third kappa shape index (κ3) is 3.32.